The number of hydrogen-bond acceptors (Lipinski definition) is 4. The van der Waals surface area contributed by atoms with Crippen molar-refractivity contribution in [3.05, 3.63) is 35.9 Å². The van der Waals surface area contributed by atoms with Crippen molar-refractivity contribution in [2.75, 3.05) is 13.2 Å². The van der Waals surface area contributed by atoms with Gasteiger partial charge in [0, 0.05) is 12.1 Å². The second-order valence-electron chi connectivity index (χ2n) is 2.76. The van der Waals surface area contributed by atoms with Crippen LogP contribution >= 0.6 is 8.53 Å². The van der Waals surface area contributed by atoms with Gasteiger partial charge in [0.2, 0.25) is 8.53 Å². The Kier molecular flexibility index (Phi) is 5.21. The van der Waals surface area contributed by atoms with E-state index in [2.05, 4.69) is 5.32 Å². The van der Waals surface area contributed by atoms with Crippen molar-refractivity contribution >= 4 is 14.4 Å². The molecule has 6 heteroatoms. The number of hydrogen-bond donors (Lipinski definition) is 3. The average Bonchev–Trinajstić information content (AvgIpc) is 2.25. The van der Waals surface area contributed by atoms with Crippen molar-refractivity contribution in [2.24, 2.45) is 5.50 Å². The van der Waals surface area contributed by atoms with E-state index in [1.165, 1.54) is 0 Å². The lowest BCUT2D eigenvalue weighted by Gasteiger charge is -2.06. The third-order valence-corrected chi connectivity index (χ3v) is 2.09. The fraction of sp³-hybridized carbons (Fsp3) is 0.222. The van der Waals surface area contributed by atoms with E-state index >= 15 is 0 Å². The Morgan fingerprint density at radius 3 is 2.73 bits per heavy atom. The van der Waals surface area contributed by atoms with E-state index in [1.54, 1.807) is 24.3 Å². The summed E-state index contributed by atoms with van der Waals surface area (Å²) in [4.78, 5) is 20.1. The van der Waals surface area contributed by atoms with Crippen LogP contribution in [0.25, 0.3) is 0 Å². The zero-order chi connectivity index (χ0) is 11.1. The maximum atomic E-state index is 11.4. The zero-order valence-electron chi connectivity index (χ0n) is 8.09. The highest BCUT2D eigenvalue weighted by atomic mass is 31.2. The third kappa shape index (κ3) is 4.85. The summed E-state index contributed by atoms with van der Waals surface area (Å²) in [5.74, 6) is -0.168. The van der Waals surface area contributed by atoms with E-state index in [0.717, 1.165) is 0 Å². The average molecular weight is 228 g/mol. The summed E-state index contributed by atoms with van der Waals surface area (Å²) in [6.45, 7) is 0.529. The highest BCUT2D eigenvalue weighted by Crippen LogP contribution is 2.17. The van der Waals surface area contributed by atoms with Crippen LogP contribution in [0.15, 0.2) is 30.3 Å². The summed E-state index contributed by atoms with van der Waals surface area (Å²) in [6, 6.07) is 8.86. The molecule has 0 heterocycles. The molecule has 1 aromatic carbocycles. The van der Waals surface area contributed by atoms with Crippen molar-refractivity contribution in [2.45, 2.75) is 0 Å². The maximum absolute atomic E-state index is 11.4. The van der Waals surface area contributed by atoms with E-state index in [4.69, 9.17) is 14.9 Å². The van der Waals surface area contributed by atoms with Gasteiger partial charge in [-0.2, -0.15) is 0 Å². The minimum absolute atomic E-state index is 0.168. The lowest BCUT2D eigenvalue weighted by atomic mass is 10.2. The zero-order valence-corrected chi connectivity index (χ0v) is 8.98. The topological polar surface area (TPSA) is 84.6 Å². The second kappa shape index (κ2) is 6.48. The molecule has 1 atom stereocenters. The quantitative estimate of drug-likeness (QED) is 0.509. The molecular weight excluding hydrogens is 215 g/mol. The Bertz CT molecular complexity index is 305. The first-order chi connectivity index (χ1) is 7.20. The predicted octanol–water partition coefficient (Wildman–Crippen LogP) is 0.611. The Morgan fingerprint density at radius 2 is 2.13 bits per heavy atom. The van der Waals surface area contributed by atoms with Gasteiger partial charge in [0.05, 0.1) is 6.61 Å². The third-order valence-electron chi connectivity index (χ3n) is 1.65. The van der Waals surface area contributed by atoms with Crippen LogP contribution in [-0.2, 0) is 4.52 Å². The normalized spacial score (nSPS) is 12.1. The van der Waals surface area contributed by atoms with Gasteiger partial charge >= 0.3 is 0 Å². The van der Waals surface area contributed by atoms with Gasteiger partial charge in [-0.25, -0.2) is 0 Å². The molecule has 0 radical (unpaired) electrons. The fourth-order valence-corrected chi connectivity index (χ4v) is 1.27. The largest absolute Gasteiger partial charge is 0.350 e. The Balaban J connectivity index is 2.25. The van der Waals surface area contributed by atoms with Crippen LogP contribution < -0.4 is 10.8 Å². The van der Waals surface area contributed by atoms with Gasteiger partial charge in [0.25, 0.3) is 5.91 Å². The van der Waals surface area contributed by atoms with Crippen molar-refractivity contribution in [3.63, 3.8) is 0 Å². The smallest absolute Gasteiger partial charge is 0.251 e. The van der Waals surface area contributed by atoms with Gasteiger partial charge in [-0.3, -0.25) is 10.3 Å². The van der Waals surface area contributed by atoms with Crippen molar-refractivity contribution < 1.29 is 14.2 Å². The Hall–Kier alpha value is -1.00. The van der Waals surface area contributed by atoms with E-state index in [1.807, 2.05) is 6.07 Å². The molecular formula is C9H13N2O3P. The molecule has 1 rings (SSSR count). The Labute approximate surface area is 89.2 Å². The van der Waals surface area contributed by atoms with Crippen LogP contribution in [0.3, 0.4) is 0 Å². The van der Waals surface area contributed by atoms with Crippen molar-refractivity contribution in [1.82, 2.24) is 5.32 Å². The maximum Gasteiger partial charge on any atom is 0.251 e. The van der Waals surface area contributed by atoms with Crippen LogP contribution in [0.5, 0.6) is 0 Å². The first kappa shape index (κ1) is 12.1. The molecule has 1 unspecified atom stereocenters. The molecule has 4 N–H and O–H groups in total. The molecule has 0 aliphatic heterocycles. The lowest BCUT2D eigenvalue weighted by molar-refractivity contribution is 0.0947. The molecule has 0 bridgehead atoms. The van der Waals surface area contributed by atoms with E-state index in [-0.39, 0.29) is 12.5 Å². The molecule has 0 saturated carbocycles. The molecule has 0 fully saturated rings. The van der Waals surface area contributed by atoms with Crippen molar-refractivity contribution in [1.29, 1.82) is 0 Å². The molecule has 0 aliphatic carbocycles. The number of amides is 1. The van der Waals surface area contributed by atoms with E-state index in [0.29, 0.717) is 12.1 Å². The van der Waals surface area contributed by atoms with E-state index in [9.17, 15) is 4.79 Å². The van der Waals surface area contributed by atoms with Crippen molar-refractivity contribution in [3.8, 4) is 0 Å². The van der Waals surface area contributed by atoms with Gasteiger partial charge < -0.3 is 14.7 Å². The van der Waals surface area contributed by atoms with Gasteiger partial charge in [-0.05, 0) is 12.1 Å². The predicted molar refractivity (Wildman–Crippen MR) is 58.1 cm³/mol. The number of benzene rings is 1. The lowest BCUT2D eigenvalue weighted by Crippen LogP contribution is -2.26. The standard InChI is InChI=1S/C9H13N2O3P/c10-15(13)14-7-6-11-9(12)8-4-2-1-3-5-8/h1-5,13H,6-7,10H2,(H,11,12). The first-order valence-corrected chi connectivity index (χ1v) is 5.68. The van der Waals surface area contributed by atoms with Gasteiger partial charge in [0.15, 0.2) is 0 Å². The number of nitrogens with one attached hydrogen (secondary N) is 1. The number of rotatable bonds is 5. The van der Waals surface area contributed by atoms with Crippen LogP contribution in [0, 0.1) is 0 Å². The SMILES string of the molecule is NP(O)OCCNC(=O)c1ccccc1. The van der Waals surface area contributed by atoms with Gasteiger partial charge in [-0.15, -0.1) is 0 Å². The van der Waals surface area contributed by atoms with Gasteiger partial charge in [-0.1, -0.05) is 18.2 Å². The second-order valence-corrected chi connectivity index (χ2v) is 3.62. The summed E-state index contributed by atoms with van der Waals surface area (Å²) >= 11 is 0. The molecule has 0 aromatic heterocycles. The van der Waals surface area contributed by atoms with Crippen LogP contribution in [-0.4, -0.2) is 24.0 Å². The molecule has 0 spiro atoms. The molecule has 5 nitrogen and oxygen atoms in total. The summed E-state index contributed by atoms with van der Waals surface area (Å²) in [6.07, 6.45) is 0. The number of carbonyl (C=O) groups is 1. The summed E-state index contributed by atoms with van der Waals surface area (Å²) < 4.78 is 4.71. The van der Waals surface area contributed by atoms with Gasteiger partial charge in [0.1, 0.15) is 0 Å². The Morgan fingerprint density at radius 1 is 1.47 bits per heavy atom. The fourth-order valence-electron chi connectivity index (χ4n) is 0.995. The molecule has 0 aliphatic rings. The number of carbonyl (C=O) groups excluding carboxylic acids is 1. The molecule has 1 amide bonds. The summed E-state index contributed by atoms with van der Waals surface area (Å²) in [7, 11) is -1.84. The van der Waals surface area contributed by atoms with Crippen LogP contribution in [0.2, 0.25) is 0 Å². The summed E-state index contributed by atoms with van der Waals surface area (Å²) in [5, 5.41) is 2.63. The highest BCUT2D eigenvalue weighted by molar-refractivity contribution is 7.43. The van der Waals surface area contributed by atoms with E-state index < -0.39 is 8.53 Å². The molecule has 82 valence electrons. The molecule has 15 heavy (non-hydrogen) atoms. The minimum Gasteiger partial charge on any atom is -0.350 e. The highest BCUT2D eigenvalue weighted by Gasteiger charge is 2.03. The summed E-state index contributed by atoms with van der Waals surface area (Å²) in [5.41, 5.74) is 5.60. The van der Waals surface area contributed by atoms with Crippen LogP contribution in [0.4, 0.5) is 0 Å². The first-order valence-electron chi connectivity index (χ1n) is 4.40. The van der Waals surface area contributed by atoms with Crippen LogP contribution in [0.1, 0.15) is 10.4 Å². The monoisotopic (exact) mass is 228 g/mol. The molecule has 1 aromatic rings. The minimum atomic E-state index is -1.84. The number of nitrogens with two attached hydrogens (primary N) is 1. The molecule has 0 saturated heterocycles.